The van der Waals surface area contributed by atoms with Crippen molar-refractivity contribution in [2.24, 2.45) is 5.73 Å². The van der Waals surface area contributed by atoms with Gasteiger partial charge in [0.15, 0.2) is 0 Å². The van der Waals surface area contributed by atoms with Crippen LogP contribution in [-0.4, -0.2) is 24.3 Å². The van der Waals surface area contributed by atoms with Gasteiger partial charge in [0.1, 0.15) is 5.67 Å². The topological polar surface area (TPSA) is 38.0 Å². The highest BCUT2D eigenvalue weighted by Crippen LogP contribution is 2.30. The normalized spacial score (nSPS) is 33.8. The van der Waals surface area contributed by atoms with Gasteiger partial charge < -0.3 is 11.1 Å². The molecule has 0 aliphatic carbocycles. The molecule has 1 atom stereocenters. The zero-order valence-corrected chi connectivity index (χ0v) is 7.28. The van der Waals surface area contributed by atoms with Crippen molar-refractivity contribution in [1.82, 2.24) is 5.32 Å². The summed E-state index contributed by atoms with van der Waals surface area (Å²) in [5.41, 5.74) is 3.79. The number of nitrogens with one attached hydrogen (secondary N) is 1. The highest BCUT2D eigenvalue weighted by molar-refractivity contribution is 5.01. The van der Waals surface area contributed by atoms with Crippen molar-refractivity contribution in [3.63, 3.8) is 0 Å². The van der Waals surface area contributed by atoms with Crippen LogP contribution in [0.3, 0.4) is 0 Å². The summed E-state index contributed by atoms with van der Waals surface area (Å²) in [4.78, 5) is 0. The van der Waals surface area contributed by atoms with Crippen molar-refractivity contribution in [1.29, 1.82) is 0 Å². The van der Waals surface area contributed by atoms with Crippen molar-refractivity contribution in [2.75, 3.05) is 13.1 Å². The average molecular weight is 160 g/mol. The van der Waals surface area contributed by atoms with Gasteiger partial charge in [-0.1, -0.05) is 0 Å². The Bertz CT molecular complexity index is 134. The summed E-state index contributed by atoms with van der Waals surface area (Å²) < 4.78 is 13.9. The summed E-state index contributed by atoms with van der Waals surface area (Å²) in [5.74, 6) is 0. The zero-order chi connectivity index (χ0) is 8.54. The van der Waals surface area contributed by atoms with Gasteiger partial charge in [0.2, 0.25) is 0 Å². The van der Waals surface area contributed by atoms with E-state index in [9.17, 15) is 4.39 Å². The molecule has 0 bridgehead atoms. The van der Waals surface area contributed by atoms with E-state index in [1.807, 2.05) is 0 Å². The van der Waals surface area contributed by atoms with E-state index in [1.54, 1.807) is 13.8 Å². The molecule has 66 valence electrons. The smallest absolute Gasteiger partial charge is 0.140 e. The molecule has 0 aromatic carbocycles. The Morgan fingerprint density at radius 1 is 1.55 bits per heavy atom. The molecule has 3 N–H and O–H groups in total. The molecular formula is C8H17FN2. The second-order valence-electron chi connectivity index (χ2n) is 3.97. The molecule has 1 heterocycles. The van der Waals surface area contributed by atoms with E-state index in [0.29, 0.717) is 13.0 Å². The average Bonchev–Trinajstić information content (AvgIpc) is 1.87. The van der Waals surface area contributed by atoms with E-state index in [1.165, 1.54) is 0 Å². The summed E-state index contributed by atoms with van der Waals surface area (Å²) >= 11 is 0. The van der Waals surface area contributed by atoms with Crippen LogP contribution in [-0.2, 0) is 0 Å². The quantitative estimate of drug-likeness (QED) is 0.596. The molecule has 0 radical (unpaired) electrons. The first-order valence-corrected chi connectivity index (χ1v) is 4.14. The van der Waals surface area contributed by atoms with Gasteiger partial charge in [-0.25, -0.2) is 4.39 Å². The molecule has 0 aromatic rings. The molecule has 3 heteroatoms. The van der Waals surface area contributed by atoms with Crippen molar-refractivity contribution in [3.05, 3.63) is 0 Å². The highest BCUT2D eigenvalue weighted by Gasteiger charge is 2.43. The SMILES string of the molecule is CC(C)(N)C1(F)CCCNC1. The van der Waals surface area contributed by atoms with Crippen LogP contribution < -0.4 is 11.1 Å². The monoisotopic (exact) mass is 160 g/mol. The van der Waals surface area contributed by atoms with Crippen LogP contribution in [0.5, 0.6) is 0 Å². The molecule has 0 amide bonds. The Hall–Kier alpha value is -0.150. The van der Waals surface area contributed by atoms with Crippen LogP contribution in [0.2, 0.25) is 0 Å². The lowest BCUT2D eigenvalue weighted by Gasteiger charge is -2.40. The summed E-state index contributed by atoms with van der Waals surface area (Å²) in [5, 5.41) is 3.03. The van der Waals surface area contributed by atoms with Crippen molar-refractivity contribution >= 4 is 0 Å². The predicted molar refractivity (Wildman–Crippen MR) is 44.2 cm³/mol. The van der Waals surface area contributed by atoms with Crippen LogP contribution in [0.1, 0.15) is 26.7 Å². The lowest BCUT2D eigenvalue weighted by atomic mass is 9.80. The fourth-order valence-electron chi connectivity index (χ4n) is 1.42. The number of alkyl halides is 1. The minimum absolute atomic E-state index is 0.399. The van der Waals surface area contributed by atoms with Crippen LogP contribution in [0.25, 0.3) is 0 Å². The number of hydrogen-bond donors (Lipinski definition) is 2. The van der Waals surface area contributed by atoms with Crippen LogP contribution in [0, 0.1) is 0 Å². The van der Waals surface area contributed by atoms with Crippen LogP contribution in [0.4, 0.5) is 4.39 Å². The van der Waals surface area contributed by atoms with E-state index >= 15 is 0 Å². The lowest BCUT2D eigenvalue weighted by Crippen LogP contribution is -2.60. The van der Waals surface area contributed by atoms with Gasteiger partial charge >= 0.3 is 0 Å². The van der Waals surface area contributed by atoms with Crippen molar-refractivity contribution in [3.8, 4) is 0 Å². The van der Waals surface area contributed by atoms with E-state index < -0.39 is 11.2 Å². The maximum atomic E-state index is 13.9. The first-order valence-electron chi connectivity index (χ1n) is 4.14. The minimum atomic E-state index is -1.22. The van der Waals surface area contributed by atoms with Crippen molar-refractivity contribution < 1.29 is 4.39 Å². The zero-order valence-electron chi connectivity index (χ0n) is 7.28. The molecule has 2 nitrogen and oxygen atoms in total. The molecular weight excluding hydrogens is 143 g/mol. The number of rotatable bonds is 1. The fraction of sp³-hybridized carbons (Fsp3) is 1.00. The van der Waals surface area contributed by atoms with Gasteiger partial charge in [-0.05, 0) is 33.2 Å². The largest absolute Gasteiger partial charge is 0.323 e. The third-order valence-electron chi connectivity index (χ3n) is 2.49. The van der Waals surface area contributed by atoms with Gasteiger partial charge in [0.25, 0.3) is 0 Å². The minimum Gasteiger partial charge on any atom is -0.323 e. The van der Waals surface area contributed by atoms with Crippen LogP contribution in [0.15, 0.2) is 0 Å². The maximum absolute atomic E-state index is 13.9. The fourth-order valence-corrected chi connectivity index (χ4v) is 1.42. The summed E-state index contributed by atoms with van der Waals surface area (Å²) in [7, 11) is 0. The first kappa shape index (κ1) is 8.94. The molecule has 1 aliphatic heterocycles. The Kier molecular flexibility index (Phi) is 2.21. The van der Waals surface area contributed by atoms with Gasteiger partial charge in [-0.2, -0.15) is 0 Å². The molecule has 0 aromatic heterocycles. The van der Waals surface area contributed by atoms with E-state index in [-0.39, 0.29) is 0 Å². The predicted octanol–water partition coefficient (Wildman–Crippen LogP) is 0.815. The summed E-state index contributed by atoms with van der Waals surface area (Å²) in [6.45, 7) is 4.82. The third kappa shape index (κ3) is 1.71. The molecule has 1 saturated heterocycles. The lowest BCUT2D eigenvalue weighted by molar-refractivity contribution is 0.0481. The van der Waals surface area contributed by atoms with Gasteiger partial charge in [0, 0.05) is 12.1 Å². The van der Waals surface area contributed by atoms with Gasteiger partial charge in [-0.3, -0.25) is 0 Å². The summed E-state index contributed by atoms with van der Waals surface area (Å²) in [6.07, 6.45) is 1.47. The van der Waals surface area contributed by atoms with E-state index in [2.05, 4.69) is 5.32 Å². The Morgan fingerprint density at radius 3 is 2.45 bits per heavy atom. The van der Waals surface area contributed by atoms with Gasteiger partial charge in [-0.15, -0.1) is 0 Å². The standard InChI is InChI=1S/C8H17FN2/c1-7(2,10)8(9)4-3-5-11-6-8/h11H,3-6,10H2,1-2H3. The highest BCUT2D eigenvalue weighted by atomic mass is 19.1. The number of halogens is 1. The molecule has 1 aliphatic rings. The molecule has 1 unspecified atom stereocenters. The van der Waals surface area contributed by atoms with Crippen LogP contribution >= 0.6 is 0 Å². The number of nitrogens with two attached hydrogens (primary N) is 1. The van der Waals surface area contributed by atoms with E-state index in [0.717, 1.165) is 13.0 Å². The molecule has 11 heavy (non-hydrogen) atoms. The maximum Gasteiger partial charge on any atom is 0.140 e. The molecule has 1 rings (SSSR count). The number of piperidine rings is 1. The second kappa shape index (κ2) is 2.72. The second-order valence-corrected chi connectivity index (χ2v) is 3.97. The molecule has 0 saturated carbocycles. The Labute approximate surface area is 67.3 Å². The van der Waals surface area contributed by atoms with E-state index in [4.69, 9.17) is 5.73 Å². The Morgan fingerprint density at radius 2 is 2.18 bits per heavy atom. The summed E-state index contributed by atoms with van der Waals surface area (Å²) in [6, 6.07) is 0. The first-order chi connectivity index (χ1) is 4.96. The van der Waals surface area contributed by atoms with Crippen molar-refractivity contribution in [2.45, 2.75) is 37.9 Å². The Balaban J connectivity index is 2.64. The third-order valence-corrected chi connectivity index (χ3v) is 2.49. The van der Waals surface area contributed by atoms with Gasteiger partial charge in [0.05, 0.1) is 0 Å². The number of hydrogen-bond acceptors (Lipinski definition) is 2. The molecule has 1 fully saturated rings. The molecule has 0 spiro atoms.